The minimum Gasteiger partial charge on any atom is -0.479 e. The second-order valence-corrected chi connectivity index (χ2v) is 7.96. The fourth-order valence-electron chi connectivity index (χ4n) is 3.91. The van der Waals surface area contributed by atoms with Gasteiger partial charge in [-0.15, -0.1) is 0 Å². The van der Waals surface area contributed by atoms with Gasteiger partial charge in [-0.2, -0.15) is 0 Å². The molecular weight excluding hydrogens is 399 g/mol. The summed E-state index contributed by atoms with van der Waals surface area (Å²) in [4.78, 5) is 28.8. The van der Waals surface area contributed by atoms with Gasteiger partial charge in [-0.25, -0.2) is 9.18 Å². The van der Waals surface area contributed by atoms with Crippen LogP contribution in [-0.2, 0) is 23.5 Å². The zero-order valence-corrected chi connectivity index (χ0v) is 17.8. The van der Waals surface area contributed by atoms with E-state index in [0.717, 1.165) is 42.0 Å². The topological polar surface area (TPSA) is 91.9 Å². The summed E-state index contributed by atoms with van der Waals surface area (Å²) in [5.74, 6) is -1.80. The smallest absolute Gasteiger partial charge is 0.340 e. The number of carboxylic acid groups (broad SMARTS) is 1. The van der Waals surface area contributed by atoms with Crippen LogP contribution < -0.4 is 5.56 Å². The zero-order valence-electron chi connectivity index (χ0n) is 17.8. The van der Waals surface area contributed by atoms with Gasteiger partial charge in [0.05, 0.1) is 13.1 Å². The monoisotopic (exact) mass is 426 g/mol. The van der Waals surface area contributed by atoms with Crippen molar-refractivity contribution in [2.24, 2.45) is 4.99 Å². The molecule has 1 aliphatic carbocycles. The van der Waals surface area contributed by atoms with E-state index in [4.69, 9.17) is 0 Å². The number of hydrogen-bond acceptors (Lipinski definition) is 4. The quantitative estimate of drug-likeness (QED) is 0.766. The van der Waals surface area contributed by atoms with Crippen LogP contribution in [0, 0.1) is 0 Å². The minimum atomic E-state index is -2.18. The molecule has 2 aliphatic rings. The van der Waals surface area contributed by atoms with E-state index in [1.165, 1.54) is 29.8 Å². The molecule has 1 aromatic rings. The number of aromatic nitrogens is 1. The summed E-state index contributed by atoms with van der Waals surface area (Å²) in [7, 11) is 0. The SMILES string of the molecule is C=C1Cn2c(cc([C@@](O)(CC)C(=O)O)cc2=O)C/N=C/C=C(F)\C(C)=C2/C=C1CCC2. The van der Waals surface area contributed by atoms with Crippen molar-refractivity contribution in [2.45, 2.75) is 58.2 Å². The Morgan fingerprint density at radius 3 is 2.77 bits per heavy atom. The van der Waals surface area contributed by atoms with Gasteiger partial charge >= 0.3 is 5.97 Å². The third-order valence-corrected chi connectivity index (χ3v) is 6.02. The average Bonchev–Trinajstić information content (AvgIpc) is 2.76. The number of nitrogens with zero attached hydrogens (tertiary/aromatic N) is 2. The molecule has 0 amide bonds. The predicted octanol–water partition coefficient (Wildman–Crippen LogP) is 3.95. The van der Waals surface area contributed by atoms with Gasteiger partial charge in [0.15, 0.2) is 5.60 Å². The van der Waals surface area contributed by atoms with Crippen molar-refractivity contribution >= 4 is 12.2 Å². The summed E-state index contributed by atoms with van der Waals surface area (Å²) in [5, 5.41) is 20.1. The highest BCUT2D eigenvalue weighted by atomic mass is 19.1. The summed E-state index contributed by atoms with van der Waals surface area (Å²) in [5.41, 5.74) is 0.957. The van der Waals surface area contributed by atoms with Gasteiger partial charge in [0, 0.05) is 23.5 Å². The predicted molar refractivity (Wildman–Crippen MR) is 118 cm³/mol. The van der Waals surface area contributed by atoms with Gasteiger partial charge in [0.1, 0.15) is 5.83 Å². The Morgan fingerprint density at radius 1 is 1.35 bits per heavy atom. The normalized spacial score (nSPS) is 24.3. The molecule has 0 saturated heterocycles. The van der Waals surface area contributed by atoms with Crippen LogP contribution in [0.5, 0.6) is 0 Å². The van der Waals surface area contributed by atoms with Crippen molar-refractivity contribution < 1.29 is 19.4 Å². The first-order chi connectivity index (χ1) is 14.7. The molecule has 0 saturated carbocycles. The first kappa shape index (κ1) is 22.6. The lowest BCUT2D eigenvalue weighted by Gasteiger charge is -2.24. The van der Waals surface area contributed by atoms with Gasteiger partial charge in [0.2, 0.25) is 0 Å². The van der Waals surface area contributed by atoms with E-state index >= 15 is 0 Å². The van der Waals surface area contributed by atoms with Gasteiger partial charge in [-0.1, -0.05) is 19.6 Å². The van der Waals surface area contributed by atoms with Crippen molar-refractivity contribution in [1.29, 1.82) is 0 Å². The standard InChI is InChI=1S/C24H27FN2O4/c1-4-24(31,23(29)30)19-11-20-13-26-9-8-21(25)16(3)18-7-5-6-17(10-18)15(2)14-27(20)22(28)12-19/h8-12,31H,2,4-7,13-14H2,1,3H3,(H,29,30)/b18-16-,21-8+,26-9+/t24-/m0/s1. The molecule has 7 heteroatoms. The molecule has 0 radical (unpaired) electrons. The maximum Gasteiger partial charge on any atom is 0.340 e. The Bertz CT molecular complexity index is 1110. The van der Waals surface area contributed by atoms with E-state index in [0.29, 0.717) is 11.3 Å². The number of halogens is 1. The number of allylic oxidation sites excluding steroid dienone is 7. The molecule has 2 bridgehead atoms. The Balaban J connectivity index is 2.16. The van der Waals surface area contributed by atoms with Gasteiger partial charge in [-0.3, -0.25) is 9.79 Å². The Morgan fingerprint density at radius 2 is 2.10 bits per heavy atom. The molecule has 0 spiro atoms. The second-order valence-electron chi connectivity index (χ2n) is 7.96. The van der Waals surface area contributed by atoms with E-state index in [2.05, 4.69) is 11.6 Å². The summed E-state index contributed by atoms with van der Waals surface area (Å²) in [6.45, 7) is 7.64. The molecule has 6 nitrogen and oxygen atoms in total. The Kier molecular flexibility index (Phi) is 6.55. The van der Waals surface area contributed by atoms with Crippen LogP contribution in [0.3, 0.4) is 0 Å². The van der Waals surface area contributed by atoms with Gasteiger partial charge in [-0.05, 0) is 67.0 Å². The van der Waals surface area contributed by atoms with Crippen molar-refractivity contribution in [2.75, 3.05) is 0 Å². The van der Waals surface area contributed by atoms with Crippen molar-refractivity contribution in [3.8, 4) is 0 Å². The second kappa shape index (κ2) is 8.98. The molecule has 2 N–H and O–H groups in total. The highest BCUT2D eigenvalue weighted by Crippen LogP contribution is 2.32. The van der Waals surface area contributed by atoms with E-state index < -0.39 is 17.1 Å². The molecule has 3 rings (SSSR count). The van der Waals surface area contributed by atoms with E-state index in [9.17, 15) is 24.2 Å². The summed E-state index contributed by atoms with van der Waals surface area (Å²) >= 11 is 0. The highest BCUT2D eigenvalue weighted by Gasteiger charge is 2.37. The van der Waals surface area contributed by atoms with E-state index in [1.807, 2.05) is 6.08 Å². The molecule has 0 unspecified atom stereocenters. The number of fused-ring (bicyclic) bond motifs is 2. The van der Waals surface area contributed by atoms with Crippen LogP contribution in [0.4, 0.5) is 4.39 Å². The third kappa shape index (κ3) is 4.51. The molecule has 0 aromatic carbocycles. The molecule has 2 heterocycles. The van der Waals surface area contributed by atoms with Gasteiger partial charge in [0.25, 0.3) is 5.56 Å². The molecule has 1 atom stereocenters. The Hall–Kier alpha value is -3.06. The first-order valence-corrected chi connectivity index (χ1v) is 10.3. The van der Waals surface area contributed by atoms with Crippen LogP contribution in [0.25, 0.3) is 0 Å². The fourth-order valence-corrected chi connectivity index (χ4v) is 3.91. The summed E-state index contributed by atoms with van der Waals surface area (Å²) in [6, 6.07) is 2.63. The minimum absolute atomic E-state index is 0.00211. The molecule has 31 heavy (non-hydrogen) atoms. The lowest BCUT2D eigenvalue weighted by Crippen LogP contribution is -2.37. The molecule has 1 aromatic heterocycles. The molecule has 1 aliphatic heterocycles. The highest BCUT2D eigenvalue weighted by molar-refractivity contribution is 5.79. The average molecular weight is 426 g/mol. The fraction of sp³-hybridized carbons (Fsp3) is 0.375. The number of aliphatic carboxylic acids is 1. The maximum atomic E-state index is 14.6. The number of pyridine rings is 1. The number of aliphatic hydroxyl groups is 1. The number of carboxylic acids is 1. The number of hydrogen-bond donors (Lipinski definition) is 2. The summed E-state index contributed by atoms with van der Waals surface area (Å²) in [6.07, 6.45) is 6.88. The summed E-state index contributed by atoms with van der Waals surface area (Å²) < 4.78 is 16.1. The zero-order chi connectivity index (χ0) is 22.8. The van der Waals surface area contributed by atoms with E-state index in [1.54, 1.807) is 6.92 Å². The number of rotatable bonds is 3. The van der Waals surface area contributed by atoms with E-state index in [-0.39, 0.29) is 30.9 Å². The molecule has 164 valence electrons. The van der Waals surface area contributed by atoms with Crippen LogP contribution in [-0.4, -0.2) is 27.0 Å². The van der Waals surface area contributed by atoms with Gasteiger partial charge < -0.3 is 14.8 Å². The Labute approximate surface area is 180 Å². The lowest BCUT2D eigenvalue weighted by molar-refractivity contribution is -0.160. The van der Waals surface area contributed by atoms with Crippen LogP contribution in [0.1, 0.15) is 50.8 Å². The lowest BCUT2D eigenvalue weighted by atomic mass is 9.88. The van der Waals surface area contributed by atoms with Crippen LogP contribution in [0.2, 0.25) is 0 Å². The number of aliphatic imine (C=N–C) groups is 1. The first-order valence-electron chi connectivity index (χ1n) is 10.3. The molecular formula is C24H27FN2O4. The van der Waals surface area contributed by atoms with Crippen LogP contribution >= 0.6 is 0 Å². The largest absolute Gasteiger partial charge is 0.479 e. The third-order valence-electron chi connectivity index (χ3n) is 6.02. The van der Waals surface area contributed by atoms with Crippen molar-refractivity contribution in [3.63, 3.8) is 0 Å². The van der Waals surface area contributed by atoms with Crippen molar-refractivity contribution in [3.05, 3.63) is 80.6 Å². The molecule has 0 fully saturated rings. The maximum absolute atomic E-state index is 14.6. The number of carbonyl (C=O) groups is 1. The van der Waals surface area contributed by atoms with Crippen LogP contribution in [0.15, 0.2) is 68.8 Å². The van der Waals surface area contributed by atoms with Crippen molar-refractivity contribution in [1.82, 2.24) is 4.57 Å².